The maximum absolute atomic E-state index is 13.6. The summed E-state index contributed by atoms with van der Waals surface area (Å²) in [6, 6.07) is -0.908. The molecule has 0 aromatic carbocycles. The van der Waals surface area contributed by atoms with Gasteiger partial charge in [-0.1, -0.05) is 247 Å². The van der Waals surface area contributed by atoms with Crippen LogP contribution in [0, 0.1) is 0 Å². The Morgan fingerprint density at radius 2 is 0.821 bits per heavy atom. The molecule has 0 bridgehead atoms. The van der Waals surface area contributed by atoms with E-state index in [0.717, 1.165) is 122 Å². The van der Waals surface area contributed by atoms with Gasteiger partial charge in [-0.2, -0.15) is 0 Å². The van der Waals surface area contributed by atoms with Crippen molar-refractivity contribution in [1.82, 2.24) is 5.32 Å². The van der Waals surface area contributed by atoms with E-state index < -0.39 is 26.6 Å². The van der Waals surface area contributed by atoms with Crippen molar-refractivity contribution in [3.8, 4) is 0 Å². The molecule has 0 rings (SSSR count). The number of esters is 1. The first-order valence-electron chi connectivity index (χ1n) is 32.0. The van der Waals surface area contributed by atoms with Gasteiger partial charge in [0.1, 0.15) is 19.3 Å². The predicted octanol–water partition coefficient (Wildman–Crippen LogP) is 19.3. The zero-order chi connectivity index (χ0) is 57.2. The van der Waals surface area contributed by atoms with E-state index >= 15 is 0 Å². The smallest absolute Gasteiger partial charge is 0.306 e. The van der Waals surface area contributed by atoms with E-state index in [1.165, 1.54) is 103 Å². The fourth-order valence-electron chi connectivity index (χ4n) is 8.81. The summed E-state index contributed by atoms with van der Waals surface area (Å²) < 4.78 is 30.3. The van der Waals surface area contributed by atoms with Crippen LogP contribution in [0.4, 0.5) is 0 Å². The van der Waals surface area contributed by atoms with Gasteiger partial charge < -0.3 is 28.5 Å². The number of ether oxygens (including phenoxy) is 1. The standard InChI is InChI=1S/C68H121N2O7P/c1-7-10-13-16-19-22-25-28-30-31-32-33-34-35-36-37-38-39-40-42-45-48-51-54-57-60-67(71)69-65(64-76-78(73,74)75-63-62-70(4,5)6)66(59-56-53-50-47-44-41-27-24-21-18-15-12-9-3)77-68(72)61-58-55-52-49-46-43-29-26-23-20-17-14-11-8-2/h10,13,19,22,28,30,32-33,35-36,38-39,43,46,56,59,65-66H,7-9,11-12,14-18,20-21,23-27,29,31,34,37,40-42,44-45,47-55,57-58,60-64H2,1-6H3,(H-,69,71,73,74)/b13-10-,22-19-,30-28-,33-32-,36-35-,39-38-,46-43-,59-56-. The third-order valence-electron chi connectivity index (χ3n) is 13.7. The monoisotopic (exact) mass is 1110 g/mol. The van der Waals surface area contributed by atoms with Gasteiger partial charge in [0.2, 0.25) is 5.91 Å². The number of carbonyl (C=O) groups is 2. The van der Waals surface area contributed by atoms with Crippen LogP contribution in [-0.4, -0.2) is 69.4 Å². The van der Waals surface area contributed by atoms with Crippen LogP contribution in [0.1, 0.15) is 271 Å². The Labute approximate surface area is 481 Å². The number of quaternary nitrogens is 1. The Morgan fingerprint density at radius 3 is 1.26 bits per heavy atom. The molecule has 3 atom stereocenters. The van der Waals surface area contributed by atoms with Crippen molar-refractivity contribution in [2.24, 2.45) is 0 Å². The number of rotatable bonds is 57. The Hall–Kier alpha value is -3.07. The molecule has 0 aromatic rings. The van der Waals surface area contributed by atoms with Crippen LogP contribution in [0.3, 0.4) is 0 Å². The van der Waals surface area contributed by atoms with E-state index in [1.807, 2.05) is 33.3 Å². The Balaban J connectivity index is 5.24. The third-order valence-corrected chi connectivity index (χ3v) is 14.7. The summed E-state index contributed by atoms with van der Waals surface area (Å²) in [5, 5.41) is 3.02. The molecule has 0 heterocycles. The number of nitrogens with one attached hydrogen (secondary N) is 1. The number of phosphoric acid groups is 1. The lowest BCUT2D eigenvalue weighted by Gasteiger charge is -2.30. The Bertz CT molecular complexity index is 1660. The number of hydrogen-bond acceptors (Lipinski definition) is 7. The highest BCUT2D eigenvalue weighted by molar-refractivity contribution is 7.45. The summed E-state index contributed by atoms with van der Waals surface area (Å²) in [4.78, 5) is 40.0. The van der Waals surface area contributed by atoms with Crippen LogP contribution >= 0.6 is 7.82 Å². The molecule has 0 aliphatic carbocycles. The summed E-state index contributed by atoms with van der Waals surface area (Å²) in [6.45, 7) is 6.70. The molecular weight excluding hydrogens is 988 g/mol. The molecule has 0 radical (unpaired) electrons. The van der Waals surface area contributed by atoms with Gasteiger partial charge in [-0.05, 0) is 109 Å². The molecule has 10 heteroatoms. The number of nitrogens with zero attached hydrogens (tertiary/aromatic N) is 1. The SMILES string of the molecule is CC/C=C\C/C=C\C/C=C\C/C=C\C/C=C\C/C=C\CCCCCCCCC(=O)NC(COP(=O)([O-])OCC[N+](C)(C)C)C(/C=C\CCCCCCCCCCCCC)OC(=O)CCCCC/C=C\CCCCCCCCC. The number of likely N-dealkylation sites (N-methyl/N-ethyl adjacent to an activating group) is 1. The summed E-state index contributed by atoms with van der Waals surface area (Å²) in [6.07, 6.45) is 76.6. The van der Waals surface area contributed by atoms with Crippen molar-refractivity contribution in [3.63, 3.8) is 0 Å². The van der Waals surface area contributed by atoms with Gasteiger partial charge in [-0.3, -0.25) is 14.2 Å². The Morgan fingerprint density at radius 1 is 0.462 bits per heavy atom. The third kappa shape index (κ3) is 57.6. The van der Waals surface area contributed by atoms with Crippen LogP contribution in [0.2, 0.25) is 0 Å². The van der Waals surface area contributed by atoms with Crippen molar-refractivity contribution >= 4 is 19.7 Å². The van der Waals surface area contributed by atoms with Crippen LogP contribution in [0.25, 0.3) is 0 Å². The van der Waals surface area contributed by atoms with Crippen molar-refractivity contribution in [2.75, 3.05) is 40.9 Å². The van der Waals surface area contributed by atoms with Gasteiger partial charge in [0.25, 0.3) is 7.82 Å². The summed E-state index contributed by atoms with van der Waals surface area (Å²) in [7, 11) is 1.16. The van der Waals surface area contributed by atoms with Gasteiger partial charge in [0.15, 0.2) is 0 Å². The van der Waals surface area contributed by atoms with Crippen LogP contribution in [0.5, 0.6) is 0 Å². The van der Waals surface area contributed by atoms with Gasteiger partial charge in [0, 0.05) is 12.8 Å². The quantitative estimate of drug-likeness (QED) is 0.0212. The molecule has 0 spiro atoms. The maximum Gasteiger partial charge on any atom is 0.306 e. The number of allylic oxidation sites excluding steroid dienone is 15. The number of hydrogen-bond donors (Lipinski definition) is 1. The second kappa shape index (κ2) is 57.2. The molecule has 1 N–H and O–H groups in total. The maximum atomic E-state index is 13.6. The average molecular weight is 1110 g/mol. The molecule has 0 saturated carbocycles. The molecule has 78 heavy (non-hydrogen) atoms. The van der Waals surface area contributed by atoms with Crippen LogP contribution < -0.4 is 10.2 Å². The van der Waals surface area contributed by atoms with Gasteiger partial charge in [-0.15, -0.1) is 0 Å². The first-order valence-corrected chi connectivity index (χ1v) is 33.5. The molecule has 0 saturated heterocycles. The van der Waals surface area contributed by atoms with E-state index in [4.69, 9.17) is 13.8 Å². The second-order valence-corrected chi connectivity index (χ2v) is 23.9. The zero-order valence-corrected chi connectivity index (χ0v) is 52.2. The van der Waals surface area contributed by atoms with E-state index in [1.54, 1.807) is 0 Å². The molecule has 0 aliphatic rings. The molecule has 450 valence electrons. The number of carbonyl (C=O) groups excluding carboxylic acids is 2. The summed E-state index contributed by atoms with van der Waals surface area (Å²) >= 11 is 0. The van der Waals surface area contributed by atoms with Crippen molar-refractivity contribution in [3.05, 3.63) is 97.2 Å². The fourth-order valence-corrected chi connectivity index (χ4v) is 9.54. The topological polar surface area (TPSA) is 114 Å². The minimum absolute atomic E-state index is 0.0317. The first kappa shape index (κ1) is 74.9. The van der Waals surface area contributed by atoms with Gasteiger partial charge >= 0.3 is 5.97 Å². The van der Waals surface area contributed by atoms with Crippen molar-refractivity contribution in [2.45, 2.75) is 283 Å². The largest absolute Gasteiger partial charge is 0.756 e. The minimum atomic E-state index is -4.71. The fraction of sp³-hybridized carbons (Fsp3) is 0.735. The zero-order valence-electron chi connectivity index (χ0n) is 51.3. The van der Waals surface area contributed by atoms with Gasteiger partial charge in [0.05, 0.1) is 33.8 Å². The molecule has 9 nitrogen and oxygen atoms in total. The van der Waals surface area contributed by atoms with Crippen LogP contribution in [-0.2, 0) is 27.9 Å². The normalized spacial score (nSPS) is 14.3. The second-order valence-electron chi connectivity index (χ2n) is 22.5. The van der Waals surface area contributed by atoms with Crippen molar-refractivity contribution < 1.29 is 37.3 Å². The molecule has 0 aromatic heterocycles. The van der Waals surface area contributed by atoms with E-state index in [-0.39, 0.29) is 24.9 Å². The summed E-state index contributed by atoms with van der Waals surface area (Å²) in [5.41, 5.74) is 0. The number of phosphoric ester groups is 1. The molecule has 0 fully saturated rings. The predicted molar refractivity (Wildman–Crippen MR) is 334 cm³/mol. The van der Waals surface area contributed by atoms with Crippen molar-refractivity contribution in [1.29, 1.82) is 0 Å². The highest BCUT2D eigenvalue weighted by Gasteiger charge is 2.27. The highest BCUT2D eigenvalue weighted by Crippen LogP contribution is 2.38. The van der Waals surface area contributed by atoms with E-state index in [0.29, 0.717) is 30.3 Å². The molecule has 1 amide bonds. The van der Waals surface area contributed by atoms with E-state index in [9.17, 15) is 19.0 Å². The lowest BCUT2D eigenvalue weighted by atomic mass is 10.0. The molecular formula is C68H121N2O7P. The number of amides is 1. The Kier molecular flexibility index (Phi) is 54.9. The van der Waals surface area contributed by atoms with Gasteiger partial charge in [-0.25, -0.2) is 0 Å². The lowest BCUT2D eigenvalue weighted by Crippen LogP contribution is -2.47. The molecule has 3 unspecified atom stereocenters. The highest BCUT2D eigenvalue weighted by atomic mass is 31.2. The number of unbranched alkanes of at least 4 members (excludes halogenated alkanes) is 27. The minimum Gasteiger partial charge on any atom is -0.756 e. The first-order chi connectivity index (χ1) is 37.9. The molecule has 0 aliphatic heterocycles. The lowest BCUT2D eigenvalue weighted by molar-refractivity contribution is -0.870. The summed E-state index contributed by atoms with van der Waals surface area (Å²) in [5.74, 6) is -0.578. The van der Waals surface area contributed by atoms with Crippen LogP contribution in [0.15, 0.2) is 97.2 Å². The average Bonchev–Trinajstić information content (AvgIpc) is 3.40. The van der Waals surface area contributed by atoms with E-state index in [2.05, 4.69) is 111 Å².